The van der Waals surface area contributed by atoms with Crippen LogP contribution in [0.5, 0.6) is 11.5 Å². The van der Waals surface area contributed by atoms with Gasteiger partial charge in [-0.1, -0.05) is 17.7 Å². The molecule has 0 N–H and O–H groups in total. The van der Waals surface area contributed by atoms with E-state index in [4.69, 9.17) is 25.5 Å². The Labute approximate surface area is 192 Å². The number of nitrogens with zero attached hydrogens (tertiary/aromatic N) is 3. The summed E-state index contributed by atoms with van der Waals surface area (Å²) in [6.45, 7) is 3.01. The Bertz CT molecular complexity index is 1190. The molecule has 0 bridgehead atoms. The van der Waals surface area contributed by atoms with Crippen molar-refractivity contribution in [3.05, 3.63) is 53.4 Å². The topological polar surface area (TPSA) is 94.8 Å². The molecule has 2 heterocycles. The molecule has 10 heteroatoms. The van der Waals surface area contributed by atoms with Crippen LogP contribution in [0.15, 0.2) is 51.8 Å². The summed E-state index contributed by atoms with van der Waals surface area (Å²) >= 11 is 6.18. The van der Waals surface area contributed by atoms with E-state index in [-0.39, 0.29) is 15.8 Å². The molecule has 2 aromatic carbocycles. The highest BCUT2D eigenvalue weighted by Crippen LogP contribution is 2.34. The molecule has 0 aliphatic carbocycles. The lowest BCUT2D eigenvalue weighted by molar-refractivity contribution is 0.291. The molecule has 1 fully saturated rings. The van der Waals surface area contributed by atoms with Crippen LogP contribution < -0.4 is 9.47 Å². The number of aromatic nitrogens is 2. The highest BCUT2D eigenvalue weighted by molar-refractivity contribution is 7.89. The first-order valence-electron chi connectivity index (χ1n) is 10.3. The van der Waals surface area contributed by atoms with Gasteiger partial charge >= 0.3 is 0 Å². The summed E-state index contributed by atoms with van der Waals surface area (Å²) < 4.78 is 44.1. The van der Waals surface area contributed by atoms with Gasteiger partial charge in [0.05, 0.1) is 23.6 Å². The second-order valence-corrected chi connectivity index (χ2v) is 9.73. The summed E-state index contributed by atoms with van der Waals surface area (Å²) in [5, 5.41) is 8.63. The van der Waals surface area contributed by atoms with Gasteiger partial charge in [-0.25, -0.2) is 8.42 Å². The number of ether oxygens (including phenoxy) is 2. The van der Waals surface area contributed by atoms with Crippen LogP contribution in [0.25, 0.3) is 11.5 Å². The van der Waals surface area contributed by atoms with E-state index in [9.17, 15) is 8.42 Å². The van der Waals surface area contributed by atoms with Crippen LogP contribution in [-0.2, 0) is 10.0 Å². The number of hydrogen-bond donors (Lipinski definition) is 0. The Hall–Kier alpha value is -2.62. The van der Waals surface area contributed by atoms with Gasteiger partial charge in [-0.2, -0.15) is 4.31 Å². The van der Waals surface area contributed by atoms with E-state index >= 15 is 0 Å². The molecule has 0 saturated carbocycles. The van der Waals surface area contributed by atoms with Crippen molar-refractivity contribution in [2.45, 2.75) is 30.6 Å². The molecule has 1 aliphatic heterocycles. The SMILES string of the molecule is CCOc1ccc(S(=O)(=O)N2CCC(c3nnc(-c4cccc(OC)c4)o3)CC2)cc1Cl. The third-order valence-electron chi connectivity index (χ3n) is 5.40. The molecule has 3 aromatic rings. The summed E-state index contributed by atoms with van der Waals surface area (Å²) in [5.74, 6) is 2.10. The average molecular weight is 478 g/mol. The van der Waals surface area contributed by atoms with Crippen LogP contribution in [0, 0.1) is 0 Å². The molecular formula is C22H24ClN3O5S. The Balaban J connectivity index is 1.44. The largest absolute Gasteiger partial charge is 0.497 e. The lowest BCUT2D eigenvalue weighted by Crippen LogP contribution is -2.38. The summed E-state index contributed by atoms with van der Waals surface area (Å²) in [4.78, 5) is 0.155. The van der Waals surface area contributed by atoms with Crippen molar-refractivity contribution in [3.63, 3.8) is 0 Å². The second kappa shape index (κ2) is 9.48. The molecule has 0 atom stereocenters. The van der Waals surface area contributed by atoms with E-state index in [0.29, 0.717) is 55.8 Å². The number of sulfonamides is 1. The van der Waals surface area contributed by atoms with Crippen molar-refractivity contribution < 1.29 is 22.3 Å². The van der Waals surface area contributed by atoms with Crippen molar-refractivity contribution in [1.82, 2.24) is 14.5 Å². The number of halogens is 1. The molecule has 0 radical (unpaired) electrons. The van der Waals surface area contributed by atoms with E-state index in [1.54, 1.807) is 13.2 Å². The maximum absolute atomic E-state index is 13.1. The Morgan fingerprint density at radius 2 is 1.94 bits per heavy atom. The standard InChI is InChI=1S/C22H24ClN3O5S/c1-3-30-20-8-7-18(14-19(20)23)32(27,28)26-11-9-15(10-12-26)21-24-25-22(31-21)16-5-4-6-17(13-16)29-2/h4-8,13-15H,3,9-12H2,1-2H3. The maximum Gasteiger partial charge on any atom is 0.247 e. The van der Waals surface area contributed by atoms with Crippen molar-refractivity contribution in [3.8, 4) is 23.0 Å². The minimum Gasteiger partial charge on any atom is -0.497 e. The molecule has 0 spiro atoms. The van der Waals surface area contributed by atoms with Crippen LogP contribution in [0.3, 0.4) is 0 Å². The Morgan fingerprint density at radius 3 is 2.62 bits per heavy atom. The number of hydrogen-bond acceptors (Lipinski definition) is 7. The van der Waals surface area contributed by atoms with Gasteiger partial charge in [0, 0.05) is 24.6 Å². The molecule has 8 nitrogen and oxygen atoms in total. The molecule has 1 aromatic heterocycles. The molecule has 32 heavy (non-hydrogen) atoms. The normalized spacial score (nSPS) is 15.6. The number of benzene rings is 2. The smallest absolute Gasteiger partial charge is 0.247 e. The maximum atomic E-state index is 13.1. The van der Waals surface area contributed by atoms with Gasteiger partial charge in [-0.05, 0) is 56.2 Å². The van der Waals surface area contributed by atoms with Crippen molar-refractivity contribution in [1.29, 1.82) is 0 Å². The third kappa shape index (κ3) is 4.60. The lowest BCUT2D eigenvalue weighted by Gasteiger charge is -2.29. The van der Waals surface area contributed by atoms with E-state index in [1.807, 2.05) is 31.2 Å². The van der Waals surface area contributed by atoms with Gasteiger partial charge in [0.15, 0.2) is 0 Å². The third-order valence-corrected chi connectivity index (χ3v) is 7.59. The number of piperidine rings is 1. The predicted octanol–water partition coefficient (Wildman–Crippen LogP) is 4.37. The summed E-state index contributed by atoms with van der Waals surface area (Å²) in [5.41, 5.74) is 0.774. The van der Waals surface area contributed by atoms with Crippen molar-refractivity contribution in [2.75, 3.05) is 26.8 Å². The van der Waals surface area contributed by atoms with Crippen molar-refractivity contribution in [2.24, 2.45) is 0 Å². The zero-order chi connectivity index (χ0) is 22.7. The number of rotatable bonds is 7. The molecular weight excluding hydrogens is 454 g/mol. The van der Waals surface area contributed by atoms with Crippen LogP contribution in [-0.4, -0.2) is 49.7 Å². The second-order valence-electron chi connectivity index (χ2n) is 7.38. The van der Waals surface area contributed by atoms with Crippen LogP contribution >= 0.6 is 11.6 Å². The van der Waals surface area contributed by atoms with E-state index < -0.39 is 10.0 Å². The molecule has 1 aliphatic rings. The first kappa shape index (κ1) is 22.6. The van der Waals surface area contributed by atoms with Gasteiger partial charge in [0.1, 0.15) is 11.5 Å². The fourth-order valence-electron chi connectivity index (χ4n) is 3.68. The summed E-state index contributed by atoms with van der Waals surface area (Å²) in [6, 6.07) is 11.9. The van der Waals surface area contributed by atoms with Crippen LogP contribution in [0.4, 0.5) is 0 Å². The molecule has 0 amide bonds. The first-order valence-corrected chi connectivity index (χ1v) is 12.1. The highest BCUT2D eigenvalue weighted by atomic mass is 35.5. The van der Waals surface area contributed by atoms with E-state index in [0.717, 1.165) is 5.56 Å². The zero-order valence-corrected chi connectivity index (χ0v) is 19.4. The highest BCUT2D eigenvalue weighted by Gasteiger charge is 2.32. The van der Waals surface area contributed by atoms with E-state index in [2.05, 4.69) is 10.2 Å². The predicted molar refractivity (Wildman–Crippen MR) is 120 cm³/mol. The summed E-state index contributed by atoms with van der Waals surface area (Å²) in [7, 11) is -2.06. The van der Waals surface area contributed by atoms with Gasteiger partial charge in [-0.3, -0.25) is 0 Å². The monoisotopic (exact) mass is 477 g/mol. The van der Waals surface area contributed by atoms with Gasteiger partial charge in [0.2, 0.25) is 21.8 Å². The van der Waals surface area contributed by atoms with Gasteiger partial charge in [0.25, 0.3) is 0 Å². The van der Waals surface area contributed by atoms with E-state index in [1.165, 1.54) is 16.4 Å². The minimum atomic E-state index is -3.65. The zero-order valence-electron chi connectivity index (χ0n) is 17.8. The molecule has 1 saturated heterocycles. The molecule has 0 unspecified atom stereocenters. The molecule has 170 valence electrons. The Morgan fingerprint density at radius 1 is 1.16 bits per heavy atom. The molecule has 4 rings (SSSR count). The van der Waals surface area contributed by atoms with Gasteiger partial charge in [-0.15, -0.1) is 10.2 Å². The fraction of sp³-hybridized carbons (Fsp3) is 0.364. The number of methoxy groups -OCH3 is 1. The average Bonchev–Trinajstić information content (AvgIpc) is 3.31. The van der Waals surface area contributed by atoms with Gasteiger partial charge < -0.3 is 13.9 Å². The lowest BCUT2D eigenvalue weighted by atomic mass is 9.98. The fourth-order valence-corrected chi connectivity index (χ4v) is 5.48. The van der Waals surface area contributed by atoms with Crippen molar-refractivity contribution >= 4 is 21.6 Å². The minimum absolute atomic E-state index is 0.00257. The Kier molecular flexibility index (Phi) is 6.68. The quantitative estimate of drug-likeness (QED) is 0.498. The van der Waals surface area contributed by atoms with Crippen LogP contribution in [0.2, 0.25) is 5.02 Å². The first-order chi connectivity index (χ1) is 15.4. The van der Waals surface area contributed by atoms with Crippen LogP contribution in [0.1, 0.15) is 31.6 Å². The summed E-state index contributed by atoms with van der Waals surface area (Å²) in [6.07, 6.45) is 1.17.